The predicted molar refractivity (Wildman–Crippen MR) is 149 cm³/mol. The highest BCUT2D eigenvalue weighted by atomic mass is 19.2. The van der Waals surface area contributed by atoms with E-state index in [0.717, 1.165) is 18.4 Å². The Hall–Kier alpha value is -3.86. The maximum absolute atomic E-state index is 14.7. The molecule has 0 bridgehead atoms. The van der Waals surface area contributed by atoms with Crippen molar-refractivity contribution in [2.24, 2.45) is 0 Å². The number of aryl methyl sites for hydroxylation is 1. The molecule has 0 aliphatic rings. The minimum Gasteiger partial charge on any atom is -0.493 e. The van der Waals surface area contributed by atoms with Crippen molar-refractivity contribution in [1.29, 1.82) is 0 Å². The summed E-state index contributed by atoms with van der Waals surface area (Å²) in [7, 11) is 0. The average molecular weight is 516 g/mol. The summed E-state index contributed by atoms with van der Waals surface area (Å²) >= 11 is 0. The highest BCUT2D eigenvalue weighted by molar-refractivity contribution is 5.73. The molecule has 0 atom stereocenters. The lowest BCUT2D eigenvalue weighted by Gasteiger charge is -2.09. The number of pyridine rings is 1. The number of halogens is 3. The van der Waals surface area contributed by atoms with Crippen LogP contribution in [-0.2, 0) is 0 Å². The Morgan fingerprint density at radius 2 is 1.53 bits per heavy atom. The van der Waals surface area contributed by atoms with Crippen molar-refractivity contribution in [2.45, 2.75) is 46.0 Å². The van der Waals surface area contributed by atoms with Crippen LogP contribution in [0.4, 0.5) is 13.2 Å². The molecule has 0 saturated heterocycles. The molecular weight excluding hydrogens is 483 g/mol. The van der Waals surface area contributed by atoms with E-state index in [4.69, 9.17) is 4.74 Å². The summed E-state index contributed by atoms with van der Waals surface area (Å²) in [5, 5.41) is 0. The van der Waals surface area contributed by atoms with Gasteiger partial charge in [0.1, 0.15) is 11.6 Å². The number of hydrogen-bond acceptors (Lipinski definition) is 2. The molecule has 1 heterocycles. The fraction of sp³-hybridized carbons (Fsp3) is 0.242. The molecule has 5 heteroatoms. The molecule has 0 spiro atoms. The van der Waals surface area contributed by atoms with Crippen LogP contribution in [0.2, 0.25) is 0 Å². The van der Waals surface area contributed by atoms with E-state index < -0.39 is 17.5 Å². The molecule has 38 heavy (non-hydrogen) atoms. The van der Waals surface area contributed by atoms with Crippen molar-refractivity contribution >= 4 is 12.2 Å². The zero-order chi connectivity index (χ0) is 26.9. The van der Waals surface area contributed by atoms with Crippen LogP contribution < -0.4 is 4.74 Å². The summed E-state index contributed by atoms with van der Waals surface area (Å²) < 4.78 is 49.9. The lowest BCUT2D eigenvalue weighted by Crippen LogP contribution is -1.98. The summed E-state index contributed by atoms with van der Waals surface area (Å²) in [5.74, 6) is -1.70. The van der Waals surface area contributed by atoms with Gasteiger partial charge in [-0.3, -0.25) is 4.98 Å². The van der Waals surface area contributed by atoms with Crippen LogP contribution in [0.5, 0.6) is 5.75 Å². The summed E-state index contributed by atoms with van der Waals surface area (Å²) in [6.45, 7) is 4.69. The van der Waals surface area contributed by atoms with Gasteiger partial charge in [-0.05, 0) is 42.7 Å². The van der Waals surface area contributed by atoms with Crippen LogP contribution in [0.1, 0.15) is 55.7 Å². The zero-order valence-electron chi connectivity index (χ0n) is 21.8. The van der Waals surface area contributed by atoms with Gasteiger partial charge in [0.15, 0.2) is 11.6 Å². The van der Waals surface area contributed by atoms with Gasteiger partial charge in [0.2, 0.25) is 0 Å². The molecule has 3 aromatic carbocycles. The number of benzene rings is 3. The van der Waals surface area contributed by atoms with E-state index in [-0.39, 0.29) is 11.1 Å². The molecule has 0 unspecified atom stereocenters. The predicted octanol–water partition coefficient (Wildman–Crippen LogP) is 9.66. The fourth-order valence-electron chi connectivity index (χ4n) is 4.19. The van der Waals surface area contributed by atoms with E-state index in [1.165, 1.54) is 31.4 Å². The second-order valence-corrected chi connectivity index (χ2v) is 9.41. The van der Waals surface area contributed by atoms with Crippen LogP contribution in [-0.4, -0.2) is 11.6 Å². The van der Waals surface area contributed by atoms with Gasteiger partial charge in [0.05, 0.1) is 12.3 Å². The quantitative estimate of drug-likeness (QED) is 0.186. The number of nitrogens with zero attached hydrogens (tertiary/aromatic N) is 1. The molecule has 0 saturated carbocycles. The third-order valence-electron chi connectivity index (χ3n) is 6.45. The molecule has 2 nitrogen and oxygen atoms in total. The molecule has 4 rings (SSSR count). The second kappa shape index (κ2) is 13.1. The van der Waals surface area contributed by atoms with E-state index in [0.29, 0.717) is 34.7 Å². The Bertz CT molecular complexity index is 1380. The largest absolute Gasteiger partial charge is 0.493 e. The maximum atomic E-state index is 14.7. The summed E-state index contributed by atoms with van der Waals surface area (Å²) in [6.07, 6.45) is 10.4. The van der Waals surface area contributed by atoms with E-state index >= 15 is 0 Å². The highest BCUT2D eigenvalue weighted by Crippen LogP contribution is 2.28. The van der Waals surface area contributed by atoms with Gasteiger partial charge in [-0.2, -0.15) is 0 Å². The number of aromatic nitrogens is 1. The van der Waals surface area contributed by atoms with Gasteiger partial charge in [-0.15, -0.1) is 0 Å². The molecule has 0 aliphatic carbocycles. The molecule has 0 radical (unpaired) electrons. The average Bonchev–Trinajstić information content (AvgIpc) is 2.93. The summed E-state index contributed by atoms with van der Waals surface area (Å²) in [5.41, 5.74) is 3.55. The molecule has 196 valence electrons. The van der Waals surface area contributed by atoms with Gasteiger partial charge < -0.3 is 4.74 Å². The Balaban J connectivity index is 1.40. The first-order valence-corrected chi connectivity index (χ1v) is 13.1. The first-order chi connectivity index (χ1) is 18.5. The molecule has 0 aliphatic heterocycles. The highest BCUT2D eigenvalue weighted by Gasteiger charge is 2.13. The third kappa shape index (κ3) is 6.91. The van der Waals surface area contributed by atoms with Crippen molar-refractivity contribution in [3.8, 4) is 28.1 Å². The Kier molecular flexibility index (Phi) is 9.36. The fourth-order valence-corrected chi connectivity index (χ4v) is 4.19. The smallest absolute Gasteiger partial charge is 0.167 e. The van der Waals surface area contributed by atoms with Gasteiger partial charge >= 0.3 is 0 Å². The minimum atomic E-state index is -0.908. The van der Waals surface area contributed by atoms with Gasteiger partial charge in [-0.1, -0.05) is 92.8 Å². The third-order valence-corrected chi connectivity index (χ3v) is 6.45. The van der Waals surface area contributed by atoms with Crippen LogP contribution in [0.3, 0.4) is 0 Å². The van der Waals surface area contributed by atoms with Gasteiger partial charge in [-0.25, -0.2) is 13.2 Å². The van der Waals surface area contributed by atoms with Crippen molar-refractivity contribution < 1.29 is 17.9 Å². The van der Waals surface area contributed by atoms with Crippen LogP contribution in [0.15, 0.2) is 72.9 Å². The zero-order valence-corrected chi connectivity index (χ0v) is 21.8. The van der Waals surface area contributed by atoms with Crippen LogP contribution in [0.25, 0.3) is 34.5 Å². The standard InChI is InChI=1S/C33H32F3NO/c1-3-4-5-6-7-20-38-27-16-18-29(30(34)21-27)31-19-11-24(22-37-31)10-14-26-15-17-28(33(36)32(26)35)25-12-8-23(2)9-13-25/h8-19,21-22H,3-7,20H2,1-2H3/b14-10+. The van der Waals surface area contributed by atoms with Crippen LogP contribution >= 0.6 is 0 Å². The van der Waals surface area contributed by atoms with Crippen molar-refractivity contribution in [2.75, 3.05) is 6.61 Å². The number of hydrogen-bond donors (Lipinski definition) is 0. The van der Waals surface area contributed by atoms with E-state index in [1.54, 1.807) is 60.8 Å². The van der Waals surface area contributed by atoms with E-state index in [2.05, 4.69) is 11.9 Å². The molecule has 1 aromatic heterocycles. The molecule has 0 amide bonds. The van der Waals surface area contributed by atoms with Crippen molar-refractivity contribution in [3.63, 3.8) is 0 Å². The van der Waals surface area contributed by atoms with E-state index in [9.17, 15) is 13.2 Å². The summed E-state index contributed by atoms with van der Waals surface area (Å²) in [4.78, 5) is 4.36. The molecule has 0 fully saturated rings. The number of ether oxygens (including phenoxy) is 1. The minimum absolute atomic E-state index is 0.134. The second-order valence-electron chi connectivity index (χ2n) is 9.41. The maximum Gasteiger partial charge on any atom is 0.167 e. The van der Waals surface area contributed by atoms with Crippen molar-refractivity contribution in [3.05, 3.63) is 107 Å². The Morgan fingerprint density at radius 3 is 2.24 bits per heavy atom. The molecule has 0 N–H and O–H groups in total. The van der Waals surface area contributed by atoms with Gasteiger partial charge in [0.25, 0.3) is 0 Å². The lowest BCUT2D eigenvalue weighted by molar-refractivity contribution is 0.303. The monoisotopic (exact) mass is 515 g/mol. The Labute approximate surface area is 222 Å². The topological polar surface area (TPSA) is 22.1 Å². The first kappa shape index (κ1) is 27.2. The molecular formula is C33H32F3NO. The number of rotatable bonds is 11. The first-order valence-electron chi connectivity index (χ1n) is 13.1. The Morgan fingerprint density at radius 1 is 0.763 bits per heavy atom. The van der Waals surface area contributed by atoms with E-state index in [1.807, 2.05) is 19.1 Å². The van der Waals surface area contributed by atoms with Crippen molar-refractivity contribution in [1.82, 2.24) is 4.98 Å². The SMILES string of the molecule is CCCCCCCOc1ccc(-c2ccc(/C=C/c3ccc(-c4ccc(C)cc4)c(F)c3F)cn2)c(F)c1. The molecule has 4 aromatic rings. The number of unbranched alkanes of at least 4 members (excludes halogenated alkanes) is 4. The van der Waals surface area contributed by atoms with Gasteiger partial charge in [0, 0.05) is 29.0 Å². The lowest BCUT2D eigenvalue weighted by atomic mass is 10.0. The normalized spacial score (nSPS) is 11.3. The van der Waals surface area contributed by atoms with Crippen LogP contribution in [0, 0.1) is 24.4 Å². The summed E-state index contributed by atoms with van der Waals surface area (Å²) in [6, 6.07) is 18.6.